The minimum Gasteiger partial charge on any atom is -0.394 e. The third-order valence-electron chi connectivity index (χ3n) is 4.27. The first-order valence-corrected chi connectivity index (χ1v) is 7.19. The summed E-state index contributed by atoms with van der Waals surface area (Å²) in [5.74, 6) is 0. The van der Waals surface area contributed by atoms with Crippen LogP contribution in [0.2, 0.25) is 0 Å². The Morgan fingerprint density at radius 1 is 1.10 bits per heavy atom. The van der Waals surface area contributed by atoms with E-state index in [9.17, 15) is 5.11 Å². The predicted molar refractivity (Wildman–Crippen MR) is 83.1 cm³/mol. The van der Waals surface area contributed by atoms with Crippen molar-refractivity contribution in [3.8, 4) is 0 Å². The minimum absolute atomic E-state index is 0.122. The Balaban J connectivity index is 2.00. The Kier molecular flexibility index (Phi) is 3.27. The summed E-state index contributed by atoms with van der Waals surface area (Å²) in [6, 6.07) is 14.9. The van der Waals surface area contributed by atoms with Crippen molar-refractivity contribution in [3.63, 3.8) is 0 Å². The molecule has 2 aromatic carbocycles. The fraction of sp³-hybridized carbons (Fsp3) is 0.333. The average molecular weight is 267 g/mol. The third-order valence-corrected chi connectivity index (χ3v) is 4.27. The molecule has 0 fully saturated rings. The second-order valence-electron chi connectivity index (χ2n) is 5.90. The van der Waals surface area contributed by atoms with Gasteiger partial charge >= 0.3 is 0 Å². The van der Waals surface area contributed by atoms with Gasteiger partial charge in [0.25, 0.3) is 0 Å². The zero-order chi connectivity index (χ0) is 14.2. The highest BCUT2D eigenvalue weighted by atomic mass is 16.3. The van der Waals surface area contributed by atoms with Crippen molar-refractivity contribution in [1.82, 2.24) is 0 Å². The summed E-state index contributed by atoms with van der Waals surface area (Å²) < 4.78 is 0. The number of hydrogen-bond acceptors (Lipinski definition) is 2. The molecule has 0 bridgehead atoms. The molecule has 0 saturated heterocycles. The molecule has 1 unspecified atom stereocenters. The normalized spacial score (nSPS) is 20.8. The summed E-state index contributed by atoms with van der Waals surface area (Å²) >= 11 is 0. The molecule has 0 radical (unpaired) electrons. The van der Waals surface area contributed by atoms with Crippen molar-refractivity contribution in [1.29, 1.82) is 0 Å². The molecular weight excluding hydrogens is 246 g/mol. The van der Waals surface area contributed by atoms with Crippen molar-refractivity contribution in [2.75, 3.05) is 11.9 Å². The van der Waals surface area contributed by atoms with Gasteiger partial charge in [-0.1, -0.05) is 35.9 Å². The second kappa shape index (κ2) is 4.95. The van der Waals surface area contributed by atoms with E-state index in [-0.39, 0.29) is 12.1 Å². The number of aliphatic hydroxyl groups excluding tert-OH is 1. The standard InChI is InChI=1S/C18H21NO/c1-13-4-3-5-16(10-13)19-18(12-20)9-8-15-7-6-14(2)11-17(15)18/h3-7,10-11,19-20H,8-9,12H2,1-2H3. The van der Waals surface area contributed by atoms with E-state index in [1.54, 1.807) is 0 Å². The Morgan fingerprint density at radius 3 is 2.65 bits per heavy atom. The molecule has 2 aromatic rings. The summed E-state index contributed by atoms with van der Waals surface area (Å²) in [7, 11) is 0. The Labute approximate surface area is 120 Å². The lowest BCUT2D eigenvalue weighted by Gasteiger charge is -2.31. The van der Waals surface area contributed by atoms with E-state index in [1.165, 1.54) is 22.3 Å². The van der Waals surface area contributed by atoms with Gasteiger partial charge in [-0.15, -0.1) is 0 Å². The van der Waals surface area contributed by atoms with Crippen LogP contribution in [0, 0.1) is 13.8 Å². The molecule has 0 amide bonds. The quantitative estimate of drug-likeness (QED) is 0.891. The van der Waals surface area contributed by atoms with Crippen LogP contribution < -0.4 is 5.32 Å². The predicted octanol–water partition coefficient (Wildman–Crippen LogP) is 3.55. The van der Waals surface area contributed by atoms with E-state index in [0.717, 1.165) is 18.5 Å². The summed E-state index contributed by atoms with van der Waals surface area (Å²) in [6.07, 6.45) is 1.96. The Hall–Kier alpha value is -1.80. The van der Waals surface area contributed by atoms with Gasteiger partial charge < -0.3 is 10.4 Å². The maximum Gasteiger partial charge on any atom is 0.0862 e. The smallest absolute Gasteiger partial charge is 0.0862 e. The highest BCUT2D eigenvalue weighted by Gasteiger charge is 2.38. The highest BCUT2D eigenvalue weighted by Crippen LogP contribution is 2.39. The topological polar surface area (TPSA) is 32.3 Å². The molecule has 1 aliphatic rings. The van der Waals surface area contributed by atoms with Crippen LogP contribution in [-0.2, 0) is 12.0 Å². The third kappa shape index (κ3) is 2.20. The molecule has 0 saturated carbocycles. The number of nitrogens with one attached hydrogen (secondary N) is 1. The van der Waals surface area contributed by atoms with Gasteiger partial charge in [-0.05, 0) is 55.5 Å². The van der Waals surface area contributed by atoms with Crippen molar-refractivity contribution < 1.29 is 5.11 Å². The average Bonchev–Trinajstić information content (AvgIpc) is 2.78. The van der Waals surface area contributed by atoms with E-state index in [1.807, 2.05) is 0 Å². The molecule has 2 heteroatoms. The van der Waals surface area contributed by atoms with Gasteiger partial charge in [0.2, 0.25) is 0 Å². The summed E-state index contributed by atoms with van der Waals surface area (Å²) in [6.45, 7) is 4.31. The number of rotatable bonds is 3. The zero-order valence-electron chi connectivity index (χ0n) is 12.1. The zero-order valence-corrected chi connectivity index (χ0v) is 12.1. The van der Waals surface area contributed by atoms with Crippen LogP contribution in [-0.4, -0.2) is 11.7 Å². The van der Waals surface area contributed by atoms with E-state index >= 15 is 0 Å². The number of aryl methyl sites for hydroxylation is 3. The molecule has 3 rings (SSSR count). The van der Waals surface area contributed by atoms with E-state index in [4.69, 9.17) is 0 Å². The van der Waals surface area contributed by atoms with Crippen LogP contribution in [0.3, 0.4) is 0 Å². The maximum atomic E-state index is 10.0. The maximum absolute atomic E-state index is 10.0. The van der Waals surface area contributed by atoms with E-state index in [0.29, 0.717) is 0 Å². The van der Waals surface area contributed by atoms with Gasteiger partial charge in [0.15, 0.2) is 0 Å². The highest BCUT2D eigenvalue weighted by molar-refractivity contribution is 5.53. The first-order chi connectivity index (χ1) is 9.63. The second-order valence-corrected chi connectivity index (χ2v) is 5.90. The number of fused-ring (bicyclic) bond motifs is 1. The number of hydrogen-bond donors (Lipinski definition) is 2. The number of aliphatic hydroxyl groups is 1. The molecule has 2 nitrogen and oxygen atoms in total. The van der Waals surface area contributed by atoms with Crippen molar-refractivity contribution in [2.24, 2.45) is 0 Å². The van der Waals surface area contributed by atoms with Crippen LogP contribution in [0.25, 0.3) is 0 Å². The van der Waals surface area contributed by atoms with Gasteiger partial charge in [0.1, 0.15) is 0 Å². The first kappa shape index (κ1) is 13.2. The fourth-order valence-electron chi connectivity index (χ4n) is 3.17. The lowest BCUT2D eigenvalue weighted by molar-refractivity contribution is 0.211. The monoisotopic (exact) mass is 267 g/mol. The summed E-state index contributed by atoms with van der Waals surface area (Å²) in [5.41, 5.74) is 5.81. The van der Waals surface area contributed by atoms with Gasteiger partial charge in [-0.25, -0.2) is 0 Å². The molecule has 0 spiro atoms. The van der Waals surface area contributed by atoms with Crippen LogP contribution in [0.15, 0.2) is 42.5 Å². The van der Waals surface area contributed by atoms with Crippen LogP contribution in [0.1, 0.15) is 28.7 Å². The molecule has 0 aliphatic heterocycles. The van der Waals surface area contributed by atoms with Crippen LogP contribution >= 0.6 is 0 Å². The molecule has 104 valence electrons. The minimum atomic E-state index is -0.338. The molecule has 0 aromatic heterocycles. The SMILES string of the molecule is Cc1cccc(NC2(CO)CCc3ccc(C)cc32)c1. The van der Waals surface area contributed by atoms with E-state index in [2.05, 4.69) is 61.6 Å². The largest absolute Gasteiger partial charge is 0.394 e. The summed E-state index contributed by atoms with van der Waals surface area (Å²) in [5, 5.41) is 13.6. The molecule has 20 heavy (non-hydrogen) atoms. The molecule has 2 N–H and O–H groups in total. The van der Waals surface area contributed by atoms with E-state index < -0.39 is 0 Å². The molecule has 1 aliphatic carbocycles. The van der Waals surface area contributed by atoms with Crippen LogP contribution in [0.4, 0.5) is 5.69 Å². The van der Waals surface area contributed by atoms with Gasteiger partial charge in [0, 0.05) is 5.69 Å². The lowest BCUT2D eigenvalue weighted by Crippen LogP contribution is -2.37. The lowest BCUT2D eigenvalue weighted by atomic mass is 9.91. The number of benzene rings is 2. The van der Waals surface area contributed by atoms with Crippen molar-refractivity contribution in [3.05, 3.63) is 64.7 Å². The summed E-state index contributed by atoms with van der Waals surface area (Å²) in [4.78, 5) is 0. The fourth-order valence-corrected chi connectivity index (χ4v) is 3.17. The molecule has 0 heterocycles. The Morgan fingerprint density at radius 2 is 1.90 bits per heavy atom. The van der Waals surface area contributed by atoms with Crippen molar-refractivity contribution >= 4 is 5.69 Å². The molecular formula is C18H21NO. The molecule has 1 atom stereocenters. The number of anilines is 1. The van der Waals surface area contributed by atoms with Gasteiger partial charge in [-0.3, -0.25) is 0 Å². The van der Waals surface area contributed by atoms with Gasteiger partial charge in [0.05, 0.1) is 12.1 Å². The van der Waals surface area contributed by atoms with Crippen LogP contribution in [0.5, 0.6) is 0 Å². The Bertz CT molecular complexity index is 635. The van der Waals surface area contributed by atoms with Gasteiger partial charge in [-0.2, -0.15) is 0 Å². The van der Waals surface area contributed by atoms with Crippen molar-refractivity contribution in [2.45, 2.75) is 32.2 Å². The first-order valence-electron chi connectivity index (χ1n) is 7.19.